The van der Waals surface area contributed by atoms with Crippen LogP contribution in [0.15, 0.2) is 106 Å². The van der Waals surface area contributed by atoms with Crippen molar-refractivity contribution >= 4 is 57.9 Å². The highest BCUT2D eigenvalue weighted by atomic mass is 16.4. The average Bonchev–Trinajstić information content (AvgIpc) is 3.60. The van der Waals surface area contributed by atoms with Gasteiger partial charge in [0.2, 0.25) is 11.2 Å². The molecule has 6 rings (SSSR count). The SMILES string of the molecule is CN(C)c1ccc(/C=C/c2oc3ccccc3[n+]2CCCCC[n+]2c(/C=C/c3ccc(N(C)C)cc3)oc3ccccc32)cc1. The lowest BCUT2D eigenvalue weighted by atomic mass is 10.2. The molecule has 0 saturated heterocycles. The first-order valence-electron chi connectivity index (χ1n) is 15.7. The number of anilines is 2. The average molecular weight is 599 g/mol. The number of fused-ring (bicyclic) bond motifs is 2. The van der Waals surface area contributed by atoms with Crippen molar-refractivity contribution in [2.45, 2.75) is 32.4 Å². The summed E-state index contributed by atoms with van der Waals surface area (Å²) in [4.78, 5) is 4.22. The number of rotatable bonds is 12. The third kappa shape index (κ3) is 7.01. The van der Waals surface area contributed by atoms with Crippen molar-refractivity contribution in [1.82, 2.24) is 0 Å². The van der Waals surface area contributed by atoms with Crippen LogP contribution in [0.5, 0.6) is 0 Å². The minimum atomic E-state index is 0.870. The quantitative estimate of drug-likeness (QED) is 0.105. The van der Waals surface area contributed by atoms with Crippen LogP contribution in [0.4, 0.5) is 11.4 Å². The maximum absolute atomic E-state index is 6.29. The van der Waals surface area contributed by atoms with Gasteiger partial charge in [-0.05, 0) is 66.1 Å². The van der Waals surface area contributed by atoms with Crippen molar-refractivity contribution in [2.75, 3.05) is 38.0 Å². The van der Waals surface area contributed by atoms with Gasteiger partial charge in [0.1, 0.15) is 0 Å². The van der Waals surface area contributed by atoms with E-state index in [0.29, 0.717) is 0 Å². The third-order valence-corrected chi connectivity index (χ3v) is 8.19. The second-order valence-corrected chi connectivity index (χ2v) is 11.8. The number of unbranched alkanes of at least 4 members (excludes halogenated alkanes) is 2. The zero-order chi connectivity index (χ0) is 31.2. The molecule has 0 aliphatic rings. The molecule has 45 heavy (non-hydrogen) atoms. The highest BCUT2D eigenvalue weighted by Gasteiger charge is 2.22. The van der Waals surface area contributed by atoms with E-state index in [9.17, 15) is 0 Å². The predicted octanol–water partition coefficient (Wildman–Crippen LogP) is 8.10. The van der Waals surface area contributed by atoms with Crippen LogP contribution in [0, 0.1) is 0 Å². The number of hydrogen-bond donors (Lipinski definition) is 0. The van der Waals surface area contributed by atoms with E-state index < -0.39 is 0 Å². The molecule has 228 valence electrons. The standard InChI is InChI=1S/C39H42N4O2/c1-40(2)32-22-16-30(17-23-32)20-26-38-42(34-12-6-8-14-36(34)44-38)28-10-5-11-29-43-35-13-7-9-15-37(35)45-39(43)27-21-31-18-24-33(25-19-31)41(3)4/h6-9,12-27H,5,10-11,28-29H2,1-4H3/q+2. The molecule has 2 heterocycles. The van der Waals surface area contributed by atoms with Crippen LogP contribution in [0.1, 0.15) is 42.2 Å². The minimum Gasteiger partial charge on any atom is -0.398 e. The molecular formula is C39H42N4O2+2. The van der Waals surface area contributed by atoms with Gasteiger partial charge in [0.25, 0.3) is 11.0 Å². The minimum absolute atomic E-state index is 0.870. The summed E-state index contributed by atoms with van der Waals surface area (Å²) in [6, 6.07) is 33.7. The molecule has 0 radical (unpaired) electrons. The summed E-state index contributed by atoms with van der Waals surface area (Å²) in [6.45, 7) is 1.78. The van der Waals surface area contributed by atoms with E-state index in [4.69, 9.17) is 8.83 Å². The molecule has 0 spiro atoms. The van der Waals surface area contributed by atoms with Crippen molar-refractivity contribution in [3.63, 3.8) is 0 Å². The molecule has 6 heteroatoms. The van der Waals surface area contributed by atoms with Crippen molar-refractivity contribution < 1.29 is 18.0 Å². The molecular weight excluding hydrogens is 556 g/mol. The number of nitrogens with zero attached hydrogens (tertiary/aromatic N) is 4. The van der Waals surface area contributed by atoms with Crippen molar-refractivity contribution in [2.24, 2.45) is 0 Å². The van der Waals surface area contributed by atoms with Gasteiger partial charge in [0.15, 0.2) is 13.1 Å². The smallest absolute Gasteiger partial charge is 0.374 e. The van der Waals surface area contributed by atoms with Crippen molar-refractivity contribution in [1.29, 1.82) is 0 Å². The number of benzene rings is 4. The second kappa shape index (κ2) is 13.7. The van der Waals surface area contributed by atoms with E-state index in [1.165, 1.54) is 11.4 Å². The van der Waals surface area contributed by atoms with Gasteiger partial charge in [-0.2, -0.15) is 9.13 Å². The second-order valence-electron chi connectivity index (χ2n) is 11.8. The molecule has 0 fully saturated rings. The van der Waals surface area contributed by atoms with Crippen LogP contribution in [0.3, 0.4) is 0 Å². The van der Waals surface area contributed by atoms with Crippen LogP contribution in [0.25, 0.3) is 46.5 Å². The molecule has 0 aliphatic carbocycles. The first kappa shape index (κ1) is 29.9. The van der Waals surface area contributed by atoms with Crippen LogP contribution in [0.2, 0.25) is 0 Å². The molecule has 0 bridgehead atoms. The predicted molar refractivity (Wildman–Crippen MR) is 186 cm³/mol. The Morgan fingerprint density at radius 2 is 0.889 bits per heavy atom. The van der Waals surface area contributed by atoms with E-state index in [0.717, 1.165) is 77.5 Å². The zero-order valence-corrected chi connectivity index (χ0v) is 26.7. The van der Waals surface area contributed by atoms with Gasteiger partial charge >= 0.3 is 11.8 Å². The molecule has 4 aromatic carbocycles. The van der Waals surface area contributed by atoms with Crippen LogP contribution >= 0.6 is 0 Å². The summed E-state index contributed by atoms with van der Waals surface area (Å²) in [5.74, 6) is 1.74. The highest BCUT2D eigenvalue weighted by molar-refractivity contribution is 5.73. The van der Waals surface area contributed by atoms with Gasteiger partial charge in [0, 0.05) is 64.5 Å². The first-order valence-corrected chi connectivity index (χ1v) is 15.7. The number of para-hydroxylation sites is 4. The number of oxazole rings is 2. The summed E-state index contributed by atoms with van der Waals surface area (Å²) < 4.78 is 17.2. The topological polar surface area (TPSA) is 40.5 Å². The fourth-order valence-corrected chi connectivity index (χ4v) is 5.63. The number of hydrogen-bond acceptors (Lipinski definition) is 4. The fourth-order valence-electron chi connectivity index (χ4n) is 5.63. The summed E-state index contributed by atoms with van der Waals surface area (Å²) in [5.41, 5.74) is 8.74. The summed E-state index contributed by atoms with van der Waals surface area (Å²) in [7, 11) is 8.23. The third-order valence-electron chi connectivity index (χ3n) is 8.19. The summed E-state index contributed by atoms with van der Waals surface area (Å²) in [5, 5.41) is 0. The lowest BCUT2D eigenvalue weighted by Crippen LogP contribution is -2.36. The Bertz CT molecular complexity index is 1790. The maximum Gasteiger partial charge on any atom is 0.374 e. The Kier molecular flexibility index (Phi) is 9.11. The molecule has 0 amide bonds. The van der Waals surface area contributed by atoms with E-state index in [-0.39, 0.29) is 0 Å². The van der Waals surface area contributed by atoms with E-state index in [2.05, 4.69) is 144 Å². The van der Waals surface area contributed by atoms with Gasteiger partial charge in [-0.1, -0.05) is 48.5 Å². The van der Waals surface area contributed by atoms with E-state index in [1.54, 1.807) is 0 Å². The molecule has 0 aliphatic heterocycles. The van der Waals surface area contributed by atoms with Gasteiger partial charge in [-0.15, -0.1) is 0 Å². The van der Waals surface area contributed by atoms with Crippen LogP contribution in [-0.2, 0) is 13.1 Å². The van der Waals surface area contributed by atoms with Gasteiger partial charge in [0.05, 0.1) is 12.2 Å². The number of aryl methyl sites for hydroxylation is 2. The first-order chi connectivity index (χ1) is 22.0. The van der Waals surface area contributed by atoms with E-state index >= 15 is 0 Å². The molecule has 6 nitrogen and oxygen atoms in total. The lowest BCUT2D eigenvalue weighted by molar-refractivity contribution is -0.682. The molecule has 0 unspecified atom stereocenters. The highest BCUT2D eigenvalue weighted by Crippen LogP contribution is 2.20. The Balaban J connectivity index is 1.13. The normalized spacial score (nSPS) is 11.8. The zero-order valence-electron chi connectivity index (χ0n) is 26.7. The molecule has 0 N–H and O–H groups in total. The van der Waals surface area contributed by atoms with E-state index in [1.807, 2.05) is 24.3 Å². The summed E-state index contributed by atoms with van der Waals surface area (Å²) in [6.07, 6.45) is 11.6. The molecule has 0 atom stereocenters. The van der Waals surface area contributed by atoms with Crippen molar-refractivity contribution in [3.05, 3.63) is 120 Å². The molecule has 0 saturated carbocycles. The Morgan fingerprint density at radius 3 is 1.29 bits per heavy atom. The van der Waals surface area contributed by atoms with Crippen LogP contribution < -0.4 is 18.9 Å². The lowest BCUT2D eigenvalue weighted by Gasteiger charge is -2.11. The van der Waals surface area contributed by atoms with Gasteiger partial charge < -0.3 is 18.6 Å². The molecule has 2 aromatic heterocycles. The Hall–Kier alpha value is -5.10. The summed E-state index contributed by atoms with van der Waals surface area (Å²) >= 11 is 0. The molecule has 6 aromatic rings. The maximum atomic E-state index is 6.29. The fraction of sp³-hybridized carbons (Fsp3) is 0.231. The number of aromatic nitrogens is 2. The van der Waals surface area contributed by atoms with Gasteiger partial charge in [-0.3, -0.25) is 0 Å². The van der Waals surface area contributed by atoms with Gasteiger partial charge in [-0.25, -0.2) is 0 Å². The van der Waals surface area contributed by atoms with Crippen LogP contribution in [-0.4, -0.2) is 28.2 Å². The monoisotopic (exact) mass is 598 g/mol. The Morgan fingerprint density at radius 1 is 0.489 bits per heavy atom. The largest absolute Gasteiger partial charge is 0.398 e. The van der Waals surface area contributed by atoms with Crippen molar-refractivity contribution in [3.8, 4) is 0 Å². The Labute approximate surface area is 265 Å².